The Kier molecular flexibility index (Phi) is 20.0. The number of aliphatic hydroxyl groups excluding tert-OH is 1. The van der Waals surface area contributed by atoms with E-state index in [0.717, 1.165) is 0 Å². The molecular formula is C25H46N10O9S2. The van der Waals surface area contributed by atoms with Crippen molar-refractivity contribution in [2.75, 3.05) is 31.2 Å². The summed E-state index contributed by atoms with van der Waals surface area (Å²) < 4.78 is 0. The summed E-state index contributed by atoms with van der Waals surface area (Å²) >= 11 is 7.78. The summed E-state index contributed by atoms with van der Waals surface area (Å²) in [5.74, 6) is -6.94. The number of thiol groups is 2. The molecule has 0 unspecified atom stereocenters. The number of carboxylic acid groups (broad SMARTS) is 1. The number of carbonyl (C=O) groups is 7. The zero-order chi connectivity index (χ0) is 35.6. The quantitative estimate of drug-likeness (QED) is 0.0232. The summed E-state index contributed by atoms with van der Waals surface area (Å²) in [5, 5.41) is 32.7. The smallest absolute Gasteiger partial charge is 0.327 e. The number of hydrogen-bond donors (Lipinski definition) is 13. The molecule has 0 aromatic heterocycles. The van der Waals surface area contributed by atoms with E-state index in [-0.39, 0.29) is 36.9 Å². The Bertz CT molecular complexity index is 1110. The lowest BCUT2D eigenvalue weighted by atomic mass is 10.0. The topological polar surface area (TPSA) is 323 Å². The van der Waals surface area contributed by atoms with Gasteiger partial charge in [-0.2, -0.15) is 25.3 Å². The summed E-state index contributed by atoms with van der Waals surface area (Å²) in [6.45, 7) is 3.25. The zero-order valence-electron chi connectivity index (χ0n) is 25.8. The van der Waals surface area contributed by atoms with Crippen molar-refractivity contribution in [2.45, 2.75) is 69.9 Å². The van der Waals surface area contributed by atoms with Crippen molar-refractivity contribution >= 4 is 72.6 Å². The molecule has 262 valence electrons. The standard InChI is InChI=1S/C25H46N10O9S2/c1-11(2)18(23(42)34-16(10-46)24(43)44)35-19(38)12(3)31-22(41)14(5-4-6-29-25(27)28)32-17(37)7-30-21(40)15(8-36)33-20(39)13(26)9-45/h11-16,18,36,45-46H,4-10,26H2,1-3H3,(H,30,40)(H,31,41)(H,32,37)(H,33,39)(H,34,42)(H,35,38)(H,43,44)(H4,27,28,29)/t12-,13-,14-,15-,16-,18-/m0/s1. The van der Waals surface area contributed by atoms with Gasteiger partial charge >= 0.3 is 5.97 Å². The van der Waals surface area contributed by atoms with E-state index < -0.39 is 96.7 Å². The van der Waals surface area contributed by atoms with Crippen molar-refractivity contribution in [3.05, 3.63) is 0 Å². The highest BCUT2D eigenvalue weighted by Crippen LogP contribution is 2.05. The molecule has 0 aliphatic heterocycles. The third kappa shape index (κ3) is 16.0. The SMILES string of the molecule is CC(C)[C@H](NC(=O)[C@H](C)NC(=O)[C@H](CCCN=C(N)N)NC(=O)CNC(=O)[C@H](CO)NC(=O)[C@@H](N)CS)C(=O)N[C@@H](CS)C(=O)O. The van der Waals surface area contributed by atoms with Gasteiger partial charge in [0.2, 0.25) is 35.4 Å². The Balaban J connectivity index is 5.48. The number of hydrogen-bond acceptors (Lipinski definition) is 12. The normalized spacial score (nSPS) is 14.7. The van der Waals surface area contributed by atoms with Gasteiger partial charge in [-0.3, -0.25) is 33.8 Å². The second-order valence-electron chi connectivity index (χ2n) is 10.4. The minimum absolute atomic E-state index is 0.00487. The number of nitrogens with two attached hydrogens (primary N) is 3. The Hall–Kier alpha value is -3.82. The number of carboxylic acids is 1. The molecule has 0 radical (unpaired) electrons. The second kappa shape index (κ2) is 21.8. The molecule has 0 spiro atoms. The molecule has 6 atom stereocenters. The van der Waals surface area contributed by atoms with Gasteiger partial charge in [0, 0.05) is 18.1 Å². The van der Waals surface area contributed by atoms with Crippen molar-refractivity contribution in [1.29, 1.82) is 0 Å². The van der Waals surface area contributed by atoms with Gasteiger partial charge in [0.15, 0.2) is 5.96 Å². The first-order valence-electron chi connectivity index (χ1n) is 14.1. The van der Waals surface area contributed by atoms with Crippen molar-refractivity contribution in [3.8, 4) is 0 Å². The van der Waals surface area contributed by atoms with Crippen LogP contribution in [0.3, 0.4) is 0 Å². The van der Waals surface area contributed by atoms with Crippen LogP contribution in [0.15, 0.2) is 4.99 Å². The molecule has 6 amide bonds. The van der Waals surface area contributed by atoms with Gasteiger partial charge in [-0.05, 0) is 25.7 Å². The van der Waals surface area contributed by atoms with Gasteiger partial charge in [0.1, 0.15) is 30.2 Å². The molecule has 0 saturated carbocycles. The van der Waals surface area contributed by atoms with Crippen LogP contribution < -0.4 is 49.1 Å². The Morgan fingerprint density at radius 2 is 1.37 bits per heavy atom. The van der Waals surface area contributed by atoms with Crippen molar-refractivity contribution in [2.24, 2.45) is 28.1 Å². The molecule has 0 aliphatic rings. The fourth-order valence-corrected chi connectivity index (χ4v) is 3.92. The molecule has 0 rings (SSSR count). The molecule has 0 heterocycles. The number of nitrogens with zero attached hydrogens (tertiary/aromatic N) is 1. The number of amides is 6. The zero-order valence-corrected chi connectivity index (χ0v) is 27.6. The van der Waals surface area contributed by atoms with E-state index in [1.807, 2.05) is 0 Å². The van der Waals surface area contributed by atoms with E-state index in [1.54, 1.807) is 13.8 Å². The van der Waals surface area contributed by atoms with Gasteiger partial charge < -0.3 is 59.3 Å². The Morgan fingerprint density at radius 3 is 1.87 bits per heavy atom. The maximum Gasteiger partial charge on any atom is 0.327 e. The van der Waals surface area contributed by atoms with E-state index in [1.165, 1.54) is 6.92 Å². The molecule has 0 bridgehead atoms. The maximum atomic E-state index is 13.1. The predicted molar refractivity (Wildman–Crippen MR) is 173 cm³/mol. The molecule has 21 heteroatoms. The lowest BCUT2D eigenvalue weighted by molar-refractivity contribution is -0.142. The van der Waals surface area contributed by atoms with Crippen LogP contribution >= 0.6 is 25.3 Å². The molecule has 14 N–H and O–H groups in total. The van der Waals surface area contributed by atoms with Crippen LogP contribution in [-0.2, 0) is 33.6 Å². The number of aliphatic imine (C=N–C) groups is 1. The van der Waals surface area contributed by atoms with Crippen LogP contribution in [0.5, 0.6) is 0 Å². The average molecular weight is 695 g/mol. The molecule has 46 heavy (non-hydrogen) atoms. The monoisotopic (exact) mass is 694 g/mol. The van der Waals surface area contributed by atoms with Gasteiger partial charge in [-0.15, -0.1) is 0 Å². The lowest BCUT2D eigenvalue weighted by Gasteiger charge is -2.26. The highest BCUT2D eigenvalue weighted by molar-refractivity contribution is 7.80. The second-order valence-corrected chi connectivity index (χ2v) is 11.1. The van der Waals surface area contributed by atoms with Crippen LogP contribution in [0.25, 0.3) is 0 Å². The summed E-state index contributed by atoms with van der Waals surface area (Å²) in [6.07, 6.45) is 0.226. The minimum atomic E-state index is -1.41. The van der Waals surface area contributed by atoms with Gasteiger partial charge in [0.25, 0.3) is 0 Å². The van der Waals surface area contributed by atoms with Crippen LogP contribution in [0.2, 0.25) is 0 Å². The molecule has 19 nitrogen and oxygen atoms in total. The highest BCUT2D eigenvalue weighted by atomic mass is 32.1. The van der Waals surface area contributed by atoms with E-state index in [9.17, 15) is 43.8 Å². The largest absolute Gasteiger partial charge is 0.480 e. The number of nitrogens with one attached hydrogen (secondary N) is 6. The van der Waals surface area contributed by atoms with E-state index in [4.69, 9.17) is 17.2 Å². The minimum Gasteiger partial charge on any atom is -0.480 e. The molecule has 0 fully saturated rings. The summed E-state index contributed by atoms with van der Waals surface area (Å²) in [4.78, 5) is 90.7. The number of aliphatic hydroxyl groups is 1. The average Bonchev–Trinajstić information content (AvgIpc) is 2.99. The number of aliphatic carboxylic acids is 1. The molecule has 0 aliphatic carbocycles. The summed E-state index contributed by atoms with van der Waals surface area (Å²) in [6, 6.07) is -7.32. The van der Waals surface area contributed by atoms with E-state index in [2.05, 4.69) is 62.2 Å². The predicted octanol–water partition coefficient (Wildman–Crippen LogP) is -5.48. The third-order valence-corrected chi connectivity index (χ3v) is 6.92. The van der Waals surface area contributed by atoms with E-state index >= 15 is 0 Å². The van der Waals surface area contributed by atoms with Crippen LogP contribution in [0.1, 0.15) is 33.6 Å². The fourth-order valence-electron chi connectivity index (χ4n) is 3.50. The number of rotatable bonds is 21. The van der Waals surface area contributed by atoms with Crippen molar-refractivity contribution in [3.63, 3.8) is 0 Å². The Morgan fingerprint density at radius 1 is 0.761 bits per heavy atom. The first kappa shape index (κ1) is 42.2. The van der Waals surface area contributed by atoms with Crippen LogP contribution in [0, 0.1) is 5.92 Å². The summed E-state index contributed by atoms with van der Waals surface area (Å²) in [5.41, 5.74) is 16.2. The van der Waals surface area contributed by atoms with Crippen LogP contribution in [-0.4, -0.2) is 125 Å². The highest BCUT2D eigenvalue weighted by Gasteiger charge is 2.31. The van der Waals surface area contributed by atoms with Gasteiger partial charge in [-0.25, -0.2) is 4.79 Å². The van der Waals surface area contributed by atoms with Gasteiger partial charge in [0.05, 0.1) is 19.2 Å². The first-order valence-corrected chi connectivity index (χ1v) is 15.4. The van der Waals surface area contributed by atoms with Gasteiger partial charge in [-0.1, -0.05) is 13.8 Å². The molecule has 0 aromatic carbocycles. The number of guanidine groups is 1. The number of carbonyl (C=O) groups excluding carboxylic acids is 6. The molecule has 0 saturated heterocycles. The fraction of sp³-hybridized carbons (Fsp3) is 0.680. The lowest BCUT2D eigenvalue weighted by Crippen LogP contribution is -2.59. The maximum absolute atomic E-state index is 13.1. The summed E-state index contributed by atoms with van der Waals surface area (Å²) in [7, 11) is 0. The first-order chi connectivity index (χ1) is 21.5. The van der Waals surface area contributed by atoms with E-state index in [0.29, 0.717) is 0 Å². The van der Waals surface area contributed by atoms with Crippen LogP contribution in [0.4, 0.5) is 0 Å². The molecule has 0 aromatic rings. The molecular weight excluding hydrogens is 648 g/mol. The van der Waals surface area contributed by atoms with Crippen molar-refractivity contribution in [1.82, 2.24) is 31.9 Å². The van der Waals surface area contributed by atoms with Crippen molar-refractivity contribution < 1.29 is 43.8 Å². The third-order valence-electron chi connectivity index (χ3n) is 6.17. The Labute approximate surface area is 277 Å².